The van der Waals surface area contributed by atoms with E-state index < -0.39 is 94.7 Å². The number of methoxy groups -OCH3 is 2. The third-order valence-corrected chi connectivity index (χ3v) is 12.1. The van der Waals surface area contributed by atoms with Gasteiger partial charge in [0.1, 0.15) is 29.0 Å². The van der Waals surface area contributed by atoms with Gasteiger partial charge in [-0.25, -0.2) is 19.2 Å². The zero-order valence-corrected chi connectivity index (χ0v) is 59.8. The highest BCUT2D eigenvalue weighted by atomic mass is 16.6. The number of anilines is 2. The maximum atomic E-state index is 12.7. The Bertz CT molecular complexity index is 3060. The molecule has 2 aromatic rings. The number of rotatable bonds is 32. The number of hydrogen-bond acceptors (Lipinski definition) is 27. The molecule has 0 saturated carbocycles. The lowest BCUT2D eigenvalue weighted by atomic mass is 10.0. The zero-order valence-electron chi connectivity index (χ0n) is 59.8. The minimum absolute atomic E-state index is 0. The number of hydrogen-bond donors (Lipinski definition) is 10. The summed E-state index contributed by atoms with van der Waals surface area (Å²) in [6.07, 6.45) is -1.23. The summed E-state index contributed by atoms with van der Waals surface area (Å²) in [4.78, 5) is 141. The number of Topliss-reactive ketones (excluding diaryl/α,β-unsaturated/α-hetero) is 1. The van der Waals surface area contributed by atoms with E-state index in [-0.39, 0.29) is 148 Å². The number of phenols is 1. The summed E-state index contributed by atoms with van der Waals surface area (Å²) in [5.41, 5.74) is 5.65. The molecular weight excluding hydrogens is 1360 g/mol. The Morgan fingerprint density at radius 3 is 1.50 bits per heavy atom. The van der Waals surface area contributed by atoms with Crippen LogP contribution in [0.2, 0.25) is 0 Å². The van der Waals surface area contributed by atoms with Gasteiger partial charge in [-0.3, -0.25) is 38.4 Å². The van der Waals surface area contributed by atoms with Crippen molar-refractivity contribution in [2.24, 2.45) is 0 Å². The molecule has 0 aromatic heterocycles. The number of amides is 6. The van der Waals surface area contributed by atoms with Crippen molar-refractivity contribution in [3.63, 3.8) is 0 Å². The number of phenolic OH excluding ortho intramolecular Hbond substituents is 1. The summed E-state index contributed by atoms with van der Waals surface area (Å²) in [6.45, 7) is 14.4. The average Bonchev–Trinajstić information content (AvgIpc) is 0.791. The number of carboxylic acid groups (broad SMARTS) is 2. The lowest BCUT2D eigenvalue weighted by Gasteiger charge is -2.23. The number of benzene rings is 2. The van der Waals surface area contributed by atoms with E-state index >= 15 is 0 Å². The van der Waals surface area contributed by atoms with Crippen LogP contribution >= 0.6 is 0 Å². The van der Waals surface area contributed by atoms with Crippen molar-refractivity contribution < 1.29 is 134 Å². The summed E-state index contributed by atoms with van der Waals surface area (Å²) < 4.78 is 67.2. The molecule has 0 radical (unpaired) electrons. The summed E-state index contributed by atoms with van der Waals surface area (Å²) in [5, 5.41) is 41.4. The van der Waals surface area contributed by atoms with Crippen molar-refractivity contribution in [2.45, 2.75) is 116 Å². The van der Waals surface area contributed by atoms with E-state index in [9.17, 15) is 62.6 Å². The van der Waals surface area contributed by atoms with Crippen LogP contribution in [0.15, 0.2) is 36.4 Å². The van der Waals surface area contributed by atoms with Crippen molar-refractivity contribution in [3.8, 4) is 35.2 Å². The Balaban J connectivity index is 0.00000159. The van der Waals surface area contributed by atoms with Crippen LogP contribution in [-0.2, 0) is 118 Å². The number of alkyl carbamates (subject to hydrolysis) is 2. The molecule has 0 saturated heterocycles. The monoisotopic (exact) mass is 1460 g/mol. The molecular formula is C68H100N7O28-. The highest BCUT2D eigenvalue weighted by Crippen LogP contribution is 2.28. The number of nitrogens with two attached hydrogens (primary N) is 1. The van der Waals surface area contributed by atoms with Gasteiger partial charge in [-0.15, -0.1) is 0 Å². The first-order chi connectivity index (χ1) is 48.4. The average molecular weight is 1460 g/mol. The SMILES string of the molecule is COC(=O)[C@H](Cc1ccc(O)c(N)c1)NC(=O)OC(C)(C)C.COC(=O)[C@H](Cc1ccc2c(c1)NC(=O)CCOCCNC(=O)C#CC(=O)CCCOCCC(=O)O2)NC(=O)OC(C)(C)C.O=C(O)CCOCCOCCOCCNC(=O)C#CC(=O)NCCOCCOCCOCCC(=O)O.[CH3-]. The van der Waals surface area contributed by atoms with Gasteiger partial charge in [-0.05, 0) is 89.3 Å². The number of fused-ring (bicyclic) bond motifs is 1. The number of ketones is 1. The summed E-state index contributed by atoms with van der Waals surface area (Å²) >= 11 is 0. The quantitative estimate of drug-likeness (QED) is 0.00574. The molecule has 35 nitrogen and oxygen atoms in total. The van der Waals surface area contributed by atoms with Crippen molar-refractivity contribution in [1.82, 2.24) is 26.6 Å². The molecule has 6 amide bonds. The Labute approximate surface area is 598 Å². The lowest BCUT2D eigenvalue weighted by Crippen LogP contribution is -2.45. The fraction of sp³-hybridized carbons (Fsp3) is 0.574. The second-order valence-corrected chi connectivity index (χ2v) is 23.1. The Hall–Kier alpha value is -9.72. The van der Waals surface area contributed by atoms with Gasteiger partial charge in [-0.1, -0.05) is 12.1 Å². The predicted molar refractivity (Wildman–Crippen MR) is 367 cm³/mol. The van der Waals surface area contributed by atoms with Gasteiger partial charge < -0.3 is 122 Å². The minimum Gasteiger partial charge on any atom is -0.506 e. The van der Waals surface area contributed by atoms with Gasteiger partial charge in [0.2, 0.25) is 11.7 Å². The Morgan fingerprint density at radius 2 is 1.04 bits per heavy atom. The fourth-order valence-corrected chi connectivity index (χ4v) is 7.46. The molecule has 0 aliphatic carbocycles. The molecule has 1 heterocycles. The largest absolute Gasteiger partial charge is 0.506 e. The van der Waals surface area contributed by atoms with Crippen LogP contribution < -0.4 is 42.4 Å². The molecule has 0 fully saturated rings. The van der Waals surface area contributed by atoms with E-state index in [1.807, 2.05) is 0 Å². The molecule has 3 rings (SSSR count). The van der Waals surface area contributed by atoms with Crippen molar-refractivity contribution in [3.05, 3.63) is 55.0 Å². The molecule has 11 N–H and O–H groups in total. The van der Waals surface area contributed by atoms with E-state index in [2.05, 4.69) is 60.3 Å². The van der Waals surface area contributed by atoms with Crippen molar-refractivity contribution >= 4 is 82.8 Å². The van der Waals surface area contributed by atoms with Gasteiger partial charge in [0.05, 0.1) is 150 Å². The topological polar surface area (TPSA) is 484 Å². The van der Waals surface area contributed by atoms with Crippen LogP contribution in [0, 0.1) is 31.1 Å². The smallest absolute Gasteiger partial charge is 0.408 e. The predicted octanol–water partition coefficient (Wildman–Crippen LogP) is 1.74. The summed E-state index contributed by atoms with van der Waals surface area (Å²) in [6, 6.07) is 7.07. The number of nitrogen functional groups attached to an aromatic ring is 1. The van der Waals surface area contributed by atoms with E-state index in [1.165, 1.54) is 38.5 Å². The van der Waals surface area contributed by atoms with E-state index in [0.717, 1.165) is 0 Å². The first-order valence-corrected chi connectivity index (χ1v) is 32.2. The third-order valence-electron chi connectivity index (χ3n) is 12.1. The summed E-state index contributed by atoms with van der Waals surface area (Å²) in [7, 11) is 2.42. The number of aromatic hydroxyl groups is 1. The maximum absolute atomic E-state index is 12.7. The van der Waals surface area contributed by atoms with E-state index in [4.69, 9.17) is 72.8 Å². The molecule has 0 unspecified atom stereocenters. The number of carbonyl (C=O) groups is 12. The highest BCUT2D eigenvalue weighted by Gasteiger charge is 2.28. The first-order valence-electron chi connectivity index (χ1n) is 32.2. The zero-order chi connectivity index (χ0) is 76.1. The minimum atomic E-state index is -1.11. The van der Waals surface area contributed by atoms with Gasteiger partial charge in [-0.2, -0.15) is 0 Å². The van der Waals surface area contributed by atoms with Crippen molar-refractivity contribution in [1.29, 1.82) is 0 Å². The van der Waals surface area contributed by atoms with Crippen molar-refractivity contribution in [2.75, 3.05) is 151 Å². The molecule has 1 aliphatic rings. The van der Waals surface area contributed by atoms with Crippen LogP contribution in [0.5, 0.6) is 11.5 Å². The fourth-order valence-electron chi connectivity index (χ4n) is 7.46. The number of aliphatic carboxylic acids is 2. The van der Waals surface area contributed by atoms with E-state index in [0.29, 0.717) is 70.4 Å². The second kappa shape index (κ2) is 55.0. The van der Waals surface area contributed by atoms with Crippen LogP contribution in [0.4, 0.5) is 21.0 Å². The van der Waals surface area contributed by atoms with Gasteiger partial charge >= 0.3 is 42.0 Å². The van der Waals surface area contributed by atoms with Crippen LogP contribution in [0.3, 0.4) is 0 Å². The molecule has 2 atom stereocenters. The maximum Gasteiger partial charge on any atom is 0.408 e. The van der Waals surface area contributed by atoms with Gasteiger partial charge in [0, 0.05) is 63.3 Å². The third kappa shape index (κ3) is 52.0. The van der Waals surface area contributed by atoms with E-state index in [1.54, 1.807) is 53.7 Å². The molecule has 2 aromatic carbocycles. The van der Waals surface area contributed by atoms with Crippen LogP contribution in [0.25, 0.3) is 0 Å². The number of carboxylic acids is 2. The number of ether oxygens (including phenoxy) is 13. The van der Waals surface area contributed by atoms with Crippen LogP contribution in [-0.4, -0.2) is 250 Å². The molecule has 0 bridgehead atoms. The molecule has 103 heavy (non-hydrogen) atoms. The summed E-state index contributed by atoms with van der Waals surface area (Å²) in [5.74, 6) is 2.33. The lowest BCUT2D eigenvalue weighted by molar-refractivity contribution is -0.143. The highest BCUT2D eigenvalue weighted by molar-refractivity contribution is 6.04. The molecule has 576 valence electrons. The standard InChI is InChI=1S/C30H39N3O11.C22H36N2O12.C15H22N2O5.CH3/c1-30(2,3)44-29(39)33-23(28(38)40-4)19-20-7-9-24-22(18-20)32-26(36)11-15-42-17-13-31-25(35)10-8-21(34)6-5-14-41-16-12-27(37)43-24;25-19(23-5-9-33-13-17-35-15-11-31-7-3-21(27)28)1-2-20(26)24-6-10-34-14-18-36-16-12-32-8-4-22(29)30;1-15(2,3)22-14(20)17-11(13(19)21-4)8-9-5-6-12(18)10(16)7-9;/h7,9,18,23H,5-6,11-17,19H2,1-4H3,(H,31,35)(H,32,36)(H,33,39);3-18H2,(H,23,25)(H,24,26)(H,27,28)(H,29,30);5-7,11,18H,8,16H2,1-4H3,(H,17,20);1H3/q;;;-1/t23-;;11-;/m0.0./s1. The van der Waals surface area contributed by atoms with Crippen LogP contribution in [0.1, 0.15) is 91.2 Å². The normalized spacial score (nSPS) is 13.5. The van der Waals surface area contributed by atoms with Gasteiger partial charge in [0.25, 0.3) is 17.7 Å². The molecule has 0 spiro atoms. The first kappa shape index (κ1) is 93.3. The number of carbonyl (C=O) groups excluding carboxylic acids is 10. The van der Waals surface area contributed by atoms with Gasteiger partial charge in [0.15, 0.2) is 5.75 Å². The second-order valence-electron chi connectivity index (χ2n) is 23.1. The Morgan fingerprint density at radius 1 is 0.592 bits per heavy atom. The number of nitrogens with one attached hydrogen (secondary N) is 6. The number of esters is 3. The Kier molecular flexibility index (Phi) is 49.8. The molecule has 35 heteroatoms. The molecule has 1 aliphatic heterocycles.